The van der Waals surface area contributed by atoms with Crippen LogP contribution in [0.2, 0.25) is 0 Å². The molecule has 6 aromatic rings. The maximum absolute atomic E-state index is 12.8. The Balaban J connectivity index is 1.16. The average Bonchev–Trinajstić information content (AvgIpc) is 3.55. The number of sulfonamides is 1. The zero-order valence-electron chi connectivity index (χ0n) is 26.5. The number of aliphatic hydroxyl groups excluding tert-OH is 1. The summed E-state index contributed by atoms with van der Waals surface area (Å²) in [7, 11) is -3.63. The van der Waals surface area contributed by atoms with Crippen LogP contribution in [0.4, 0.5) is 0 Å². The molecule has 9 heteroatoms. The van der Waals surface area contributed by atoms with Crippen LogP contribution in [0.3, 0.4) is 0 Å². The number of benzene rings is 5. The Morgan fingerprint density at radius 3 is 2.29 bits per heavy atom. The van der Waals surface area contributed by atoms with E-state index in [1.54, 1.807) is 30.3 Å². The van der Waals surface area contributed by atoms with E-state index in [0.717, 1.165) is 44.4 Å². The van der Waals surface area contributed by atoms with Crippen molar-refractivity contribution in [1.82, 2.24) is 14.3 Å². The Bertz CT molecular complexity index is 2120. The van der Waals surface area contributed by atoms with Crippen LogP contribution in [0, 0.1) is 5.92 Å². The highest BCUT2D eigenvalue weighted by Gasteiger charge is 2.38. The lowest BCUT2D eigenvalue weighted by Crippen LogP contribution is -2.39. The van der Waals surface area contributed by atoms with Crippen molar-refractivity contribution in [2.75, 3.05) is 0 Å². The summed E-state index contributed by atoms with van der Waals surface area (Å²) in [5.41, 5.74) is 7.50. The Morgan fingerprint density at radius 2 is 1.50 bits per heavy atom. The van der Waals surface area contributed by atoms with Crippen LogP contribution in [0.15, 0.2) is 139 Å². The van der Waals surface area contributed by atoms with Gasteiger partial charge in [-0.05, 0) is 64.2 Å². The number of nitrogens with one attached hydrogen (secondary N) is 1. The maximum Gasteiger partial charge on any atom is 0.240 e. The number of ether oxygens (including phenoxy) is 2. The van der Waals surface area contributed by atoms with Gasteiger partial charge in [-0.1, -0.05) is 97.9 Å². The van der Waals surface area contributed by atoms with Gasteiger partial charge in [-0.2, -0.15) is 0 Å². The largest absolute Gasteiger partial charge is 0.392 e. The summed E-state index contributed by atoms with van der Waals surface area (Å²) in [5, 5.41) is 9.61. The van der Waals surface area contributed by atoms with Crippen molar-refractivity contribution in [3.05, 3.63) is 156 Å². The monoisotopic (exact) mass is 659 g/mol. The molecule has 48 heavy (non-hydrogen) atoms. The van der Waals surface area contributed by atoms with Crippen LogP contribution in [-0.2, 0) is 39.2 Å². The number of nitrogens with zero attached hydrogens (tertiary/aromatic N) is 2. The van der Waals surface area contributed by atoms with Crippen molar-refractivity contribution in [2.24, 2.45) is 5.92 Å². The Hall–Kier alpha value is -4.64. The number of aromatic nitrogens is 2. The van der Waals surface area contributed by atoms with E-state index < -0.39 is 16.3 Å². The Kier molecular flexibility index (Phi) is 9.21. The third-order valence-corrected chi connectivity index (χ3v) is 10.4. The van der Waals surface area contributed by atoms with Crippen LogP contribution in [0.25, 0.3) is 22.2 Å². The number of rotatable bonds is 10. The first-order valence-corrected chi connectivity index (χ1v) is 17.5. The highest BCUT2D eigenvalue weighted by atomic mass is 32.2. The number of fused-ring (bicyclic) bond motifs is 1. The molecule has 1 fully saturated rings. The number of aliphatic hydroxyl groups is 1. The summed E-state index contributed by atoms with van der Waals surface area (Å²) in [6.45, 7) is 2.90. The molecule has 244 valence electrons. The van der Waals surface area contributed by atoms with Gasteiger partial charge >= 0.3 is 0 Å². The molecule has 8 nitrogen and oxygen atoms in total. The van der Waals surface area contributed by atoms with E-state index in [1.165, 1.54) is 0 Å². The Labute approximate surface area is 280 Å². The normalized spacial score (nSPS) is 19.8. The molecule has 4 atom stereocenters. The van der Waals surface area contributed by atoms with Crippen LogP contribution in [-0.4, -0.2) is 29.2 Å². The summed E-state index contributed by atoms with van der Waals surface area (Å²) >= 11 is 0. The summed E-state index contributed by atoms with van der Waals surface area (Å²) in [4.78, 5) is 4.83. The highest BCUT2D eigenvalue weighted by molar-refractivity contribution is 7.89. The van der Waals surface area contributed by atoms with Crippen LogP contribution in [0.1, 0.15) is 41.6 Å². The predicted octanol–water partition coefficient (Wildman–Crippen LogP) is 7.17. The lowest BCUT2D eigenvalue weighted by atomic mass is 9.90. The molecular formula is C39H37N3O5S. The number of hydrogen-bond donors (Lipinski definition) is 2. The molecule has 2 heterocycles. The van der Waals surface area contributed by atoms with E-state index in [0.29, 0.717) is 6.54 Å². The molecule has 0 aliphatic carbocycles. The van der Waals surface area contributed by atoms with E-state index in [4.69, 9.17) is 9.47 Å². The third-order valence-electron chi connectivity index (χ3n) is 8.97. The lowest BCUT2D eigenvalue weighted by Gasteiger charge is -2.41. The van der Waals surface area contributed by atoms with Gasteiger partial charge in [0, 0.05) is 18.0 Å². The molecule has 0 saturated carbocycles. The van der Waals surface area contributed by atoms with E-state index in [-0.39, 0.29) is 36.2 Å². The van der Waals surface area contributed by atoms with Gasteiger partial charge in [0.1, 0.15) is 0 Å². The standard InChI is InChI=1S/C39H37N3O5S/c1-27-37(24-42-26-40-35-15-5-6-16-36(35)42)46-39(47-38(27)30-19-17-28(25-43)18-20-30)33-12-8-11-32(22-33)31-10-7-9-29(21-31)23-41-48(44,45)34-13-3-2-4-14-34/h2-22,26-27,37-39,41,43H,23-25H2,1H3/t27-,37+,38+,39+/m0/s1. The second-order valence-corrected chi connectivity index (χ2v) is 13.9. The predicted molar refractivity (Wildman–Crippen MR) is 185 cm³/mol. The molecule has 1 aliphatic heterocycles. The van der Waals surface area contributed by atoms with Crippen molar-refractivity contribution in [3.63, 3.8) is 0 Å². The van der Waals surface area contributed by atoms with Gasteiger partial charge in [0.25, 0.3) is 0 Å². The topological polar surface area (TPSA) is 103 Å². The Morgan fingerprint density at radius 1 is 0.771 bits per heavy atom. The molecule has 0 radical (unpaired) electrons. The van der Waals surface area contributed by atoms with Crippen LogP contribution < -0.4 is 4.72 Å². The highest BCUT2D eigenvalue weighted by Crippen LogP contribution is 2.43. The van der Waals surface area contributed by atoms with Crippen LogP contribution >= 0.6 is 0 Å². The molecule has 0 amide bonds. The molecule has 1 aliphatic rings. The summed E-state index contributed by atoms with van der Waals surface area (Å²) in [6.07, 6.45) is 0.794. The molecule has 2 N–H and O–H groups in total. The van der Waals surface area contributed by atoms with E-state index in [1.807, 2.05) is 91.3 Å². The molecule has 0 bridgehead atoms. The van der Waals surface area contributed by atoms with Gasteiger partial charge in [-0.3, -0.25) is 0 Å². The quantitative estimate of drug-likeness (QED) is 0.162. The van der Waals surface area contributed by atoms with Crippen molar-refractivity contribution in [2.45, 2.75) is 50.0 Å². The molecular weight excluding hydrogens is 623 g/mol. The van der Waals surface area contributed by atoms with E-state index in [9.17, 15) is 13.5 Å². The first kappa shape index (κ1) is 31.9. The van der Waals surface area contributed by atoms with Crippen LogP contribution in [0.5, 0.6) is 0 Å². The second kappa shape index (κ2) is 13.8. The number of hydrogen-bond acceptors (Lipinski definition) is 6. The molecule has 5 aromatic carbocycles. The summed E-state index contributed by atoms with van der Waals surface area (Å²) in [6, 6.07) is 40.3. The molecule has 1 saturated heterocycles. The summed E-state index contributed by atoms with van der Waals surface area (Å²) in [5.74, 6) is 0.0157. The minimum atomic E-state index is -3.63. The fourth-order valence-electron chi connectivity index (χ4n) is 6.26. The van der Waals surface area contributed by atoms with Crippen molar-refractivity contribution in [3.8, 4) is 11.1 Å². The van der Waals surface area contributed by atoms with Gasteiger partial charge in [0.2, 0.25) is 10.0 Å². The van der Waals surface area contributed by atoms with Crippen molar-refractivity contribution in [1.29, 1.82) is 0 Å². The zero-order chi connectivity index (χ0) is 33.1. The fourth-order valence-corrected chi connectivity index (χ4v) is 7.30. The number of imidazole rings is 1. The van der Waals surface area contributed by atoms with Crippen molar-refractivity contribution >= 4 is 21.1 Å². The van der Waals surface area contributed by atoms with Gasteiger partial charge in [-0.15, -0.1) is 0 Å². The van der Waals surface area contributed by atoms with E-state index in [2.05, 4.69) is 33.3 Å². The molecule has 0 spiro atoms. The van der Waals surface area contributed by atoms with Gasteiger partial charge in [-0.25, -0.2) is 18.1 Å². The second-order valence-electron chi connectivity index (χ2n) is 12.2. The minimum absolute atomic E-state index is 0.0157. The zero-order valence-corrected chi connectivity index (χ0v) is 27.3. The van der Waals surface area contributed by atoms with Crippen molar-refractivity contribution < 1.29 is 23.0 Å². The number of para-hydroxylation sites is 2. The van der Waals surface area contributed by atoms with Gasteiger partial charge < -0.3 is 19.1 Å². The summed E-state index contributed by atoms with van der Waals surface area (Å²) < 4.78 is 43.9. The fraction of sp³-hybridized carbons (Fsp3) is 0.205. The molecule has 1 aromatic heterocycles. The minimum Gasteiger partial charge on any atom is -0.392 e. The first-order chi connectivity index (χ1) is 23.4. The SMILES string of the molecule is C[C@H]1[C@@H](Cn2cnc3ccccc32)O[C@@H](c2cccc(-c3cccc(CNS(=O)(=O)c4ccccc4)c3)c2)O[C@H]1c1ccc(CO)cc1. The third kappa shape index (κ3) is 6.82. The first-order valence-electron chi connectivity index (χ1n) is 16.0. The van der Waals surface area contributed by atoms with Gasteiger partial charge in [0.05, 0.1) is 47.6 Å². The lowest BCUT2D eigenvalue weighted by molar-refractivity contribution is -0.276. The maximum atomic E-state index is 12.8. The van der Waals surface area contributed by atoms with Gasteiger partial charge in [0.15, 0.2) is 6.29 Å². The molecule has 0 unspecified atom stereocenters. The smallest absolute Gasteiger partial charge is 0.240 e. The van der Waals surface area contributed by atoms with E-state index >= 15 is 0 Å². The average molecular weight is 660 g/mol. The molecule has 7 rings (SSSR count).